The maximum Gasteiger partial charge on any atom is 0.240 e. The van der Waals surface area contributed by atoms with Crippen molar-refractivity contribution in [1.82, 2.24) is 4.90 Å². The van der Waals surface area contributed by atoms with Gasteiger partial charge >= 0.3 is 0 Å². The van der Waals surface area contributed by atoms with E-state index in [-0.39, 0.29) is 10.8 Å². The van der Waals surface area contributed by atoms with Crippen molar-refractivity contribution in [2.75, 3.05) is 47.6 Å². The van der Waals surface area contributed by atoms with Crippen LogP contribution in [0.25, 0.3) is 0 Å². The average molecular weight is 420 g/mol. The molecule has 3 atom stereocenters. The van der Waals surface area contributed by atoms with Crippen LogP contribution in [0, 0.1) is 11.3 Å². The number of methoxy groups -OCH3 is 3. The molecule has 1 spiro atoms. The molecule has 0 radical (unpaired) electrons. The van der Waals surface area contributed by atoms with E-state index in [0.717, 1.165) is 44.3 Å². The third kappa shape index (κ3) is 3.19. The fourth-order valence-corrected chi connectivity index (χ4v) is 5.91. The van der Waals surface area contributed by atoms with Crippen LogP contribution in [0.15, 0.2) is 12.1 Å². The zero-order valence-corrected chi connectivity index (χ0v) is 19.4. The van der Waals surface area contributed by atoms with E-state index in [2.05, 4.69) is 37.8 Å². The lowest BCUT2D eigenvalue weighted by molar-refractivity contribution is -0.312. The number of ether oxygens (including phenoxy) is 5. The smallest absolute Gasteiger partial charge is 0.240 e. The van der Waals surface area contributed by atoms with Gasteiger partial charge in [0.1, 0.15) is 0 Å². The van der Waals surface area contributed by atoms with E-state index in [0.29, 0.717) is 36.4 Å². The molecular formula is C24H37NO5. The predicted octanol–water partition coefficient (Wildman–Crippen LogP) is 4.20. The largest absolute Gasteiger partial charge is 0.493 e. The van der Waals surface area contributed by atoms with Gasteiger partial charge in [-0.1, -0.05) is 20.8 Å². The summed E-state index contributed by atoms with van der Waals surface area (Å²) in [5, 5.41) is 0. The van der Waals surface area contributed by atoms with Crippen molar-refractivity contribution >= 4 is 0 Å². The summed E-state index contributed by atoms with van der Waals surface area (Å²) in [6.07, 6.45) is 4.27. The van der Waals surface area contributed by atoms with E-state index in [4.69, 9.17) is 23.7 Å². The summed E-state index contributed by atoms with van der Waals surface area (Å²) in [6.45, 7) is 10.3. The highest BCUT2D eigenvalue weighted by atomic mass is 16.8. The number of hydrogen-bond donors (Lipinski definition) is 0. The summed E-state index contributed by atoms with van der Waals surface area (Å²) < 4.78 is 30.1. The molecule has 1 aromatic rings. The monoisotopic (exact) mass is 419 g/mol. The second-order valence-corrected chi connectivity index (χ2v) is 9.92. The number of piperidine rings is 1. The van der Waals surface area contributed by atoms with Gasteiger partial charge in [0, 0.05) is 13.1 Å². The van der Waals surface area contributed by atoms with E-state index in [9.17, 15) is 0 Å². The van der Waals surface area contributed by atoms with Gasteiger partial charge in [0.05, 0.1) is 40.0 Å². The Balaban J connectivity index is 1.94. The summed E-state index contributed by atoms with van der Waals surface area (Å²) >= 11 is 0. The molecule has 0 amide bonds. The summed E-state index contributed by atoms with van der Waals surface area (Å²) in [6, 6.07) is 4.23. The van der Waals surface area contributed by atoms with Crippen LogP contribution in [0.1, 0.15) is 52.0 Å². The Hall–Kier alpha value is -1.50. The third-order valence-electron chi connectivity index (χ3n) is 7.52. The molecule has 0 saturated carbocycles. The SMILES string of the molecule is COc1cc([C@]23CCCN(CC[C@@H](C(C)(C)C)C2)C32OCCO2)cc(OC)c1OC. The van der Waals surface area contributed by atoms with Crippen LogP contribution in [-0.2, 0) is 14.9 Å². The Kier molecular flexibility index (Phi) is 5.71. The Morgan fingerprint density at radius 3 is 2.13 bits per heavy atom. The molecule has 6 heteroatoms. The molecule has 3 aliphatic heterocycles. The number of hydrogen-bond acceptors (Lipinski definition) is 6. The van der Waals surface area contributed by atoms with Gasteiger partial charge in [-0.15, -0.1) is 0 Å². The lowest BCUT2D eigenvalue weighted by Gasteiger charge is -2.55. The topological polar surface area (TPSA) is 49.4 Å². The van der Waals surface area contributed by atoms with Crippen LogP contribution >= 0.6 is 0 Å². The minimum absolute atomic E-state index is 0.200. The lowest BCUT2D eigenvalue weighted by Crippen LogP contribution is -2.65. The van der Waals surface area contributed by atoms with E-state index < -0.39 is 5.91 Å². The molecule has 0 aliphatic carbocycles. The van der Waals surface area contributed by atoms with Crippen molar-refractivity contribution in [3.63, 3.8) is 0 Å². The normalized spacial score (nSPS) is 30.7. The molecule has 1 aromatic carbocycles. The molecule has 3 aliphatic rings. The molecule has 4 rings (SSSR count). The molecule has 30 heavy (non-hydrogen) atoms. The molecule has 6 nitrogen and oxygen atoms in total. The van der Waals surface area contributed by atoms with Gasteiger partial charge in [-0.25, -0.2) is 0 Å². The zero-order chi connectivity index (χ0) is 21.6. The zero-order valence-electron chi connectivity index (χ0n) is 19.4. The van der Waals surface area contributed by atoms with Crippen molar-refractivity contribution in [2.45, 2.75) is 57.8 Å². The van der Waals surface area contributed by atoms with E-state index in [1.165, 1.54) is 0 Å². The van der Waals surface area contributed by atoms with Crippen molar-refractivity contribution in [3.8, 4) is 17.2 Å². The first-order chi connectivity index (χ1) is 14.3. The highest BCUT2D eigenvalue weighted by Crippen LogP contribution is 2.58. The van der Waals surface area contributed by atoms with Gasteiger partial charge in [0.25, 0.3) is 0 Å². The Labute approximate surface area is 180 Å². The standard InChI is InChI=1S/C24H37NO5/c1-22(2,3)17-8-11-25-10-7-9-23(16-17,24(25)29-12-13-30-24)18-14-19(26-4)21(28-6)20(15-18)27-5/h14-15,17H,7-13,16H2,1-6H3/t17-,23+/m1/s1. The maximum absolute atomic E-state index is 6.54. The Morgan fingerprint density at radius 2 is 1.60 bits per heavy atom. The second-order valence-electron chi connectivity index (χ2n) is 9.92. The van der Waals surface area contributed by atoms with Gasteiger partial charge in [-0.05, 0) is 54.7 Å². The van der Waals surface area contributed by atoms with Gasteiger partial charge in [0.2, 0.25) is 11.7 Å². The van der Waals surface area contributed by atoms with Gasteiger partial charge < -0.3 is 23.7 Å². The van der Waals surface area contributed by atoms with E-state index in [1.807, 2.05) is 0 Å². The van der Waals surface area contributed by atoms with Gasteiger partial charge in [-0.2, -0.15) is 0 Å². The first-order valence-electron chi connectivity index (χ1n) is 11.1. The molecule has 168 valence electrons. The van der Waals surface area contributed by atoms with Crippen LogP contribution < -0.4 is 14.2 Å². The minimum atomic E-state index is -0.726. The van der Waals surface area contributed by atoms with Crippen LogP contribution in [0.5, 0.6) is 17.2 Å². The van der Waals surface area contributed by atoms with Crippen LogP contribution in [0.2, 0.25) is 0 Å². The molecule has 0 N–H and O–H groups in total. The second kappa shape index (κ2) is 7.88. The average Bonchev–Trinajstić information content (AvgIpc) is 3.19. The van der Waals surface area contributed by atoms with Gasteiger partial charge in [-0.3, -0.25) is 4.90 Å². The van der Waals surface area contributed by atoms with Crippen molar-refractivity contribution in [3.05, 3.63) is 17.7 Å². The summed E-state index contributed by atoms with van der Waals surface area (Å²) in [4.78, 5) is 2.46. The fraction of sp³-hybridized carbons (Fsp3) is 0.750. The molecule has 0 aromatic heterocycles. The van der Waals surface area contributed by atoms with Crippen molar-refractivity contribution in [2.24, 2.45) is 11.3 Å². The quantitative estimate of drug-likeness (QED) is 0.729. The summed E-state index contributed by atoms with van der Waals surface area (Å²) in [5.41, 5.74) is 1.05. The number of rotatable bonds is 4. The number of benzene rings is 1. The van der Waals surface area contributed by atoms with E-state index in [1.54, 1.807) is 21.3 Å². The number of nitrogens with zero attached hydrogens (tertiary/aromatic N) is 1. The summed E-state index contributed by atoms with van der Waals surface area (Å²) in [7, 11) is 5.00. The molecule has 3 saturated heterocycles. The molecule has 3 heterocycles. The van der Waals surface area contributed by atoms with Crippen molar-refractivity contribution < 1.29 is 23.7 Å². The molecular weight excluding hydrogens is 382 g/mol. The van der Waals surface area contributed by atoms with Crippen LogP contribution in [0.3, 0.4) is 0 Å². The predicted molar refractivity (Wildman–Crippen MR) is 115 cm³/mol. The van der Waals surface area contributed by atoms with Crippen molar-refractivity contribution in [1.29, 1.82) is 0 Å². The van der Waals surface area contributed by atoms with Gasteiger partial charge in [0.15, 0.2) is 11.5 Å². The van der Waals surface area contributed by atoms with Crippen LogP contribution in [0.4, 0.5) is 0 Å². The minimum Gasteiger partial charge on any atom is -0.493 e. The fourth-order valence-electron chi connectivity index (χ4n) is 5.91. The highest BCUT2D eigenvalue weighted by Gasteiger charge is 2.64. The highest BCUT2D eigenvalue weighted by molar-refractivity contribution is 5.56. The summed E-state index contributed by atoms with van der Waals surface area (Å²) in [5.74, 6) is 1.81. The Bertz CT molecular complexity index is 742. The van der Waals surface area contributed by atoms with E-state index >= 15 is 0 Å². The molecule has 1 unspecified atom stereocenters. The molecule has 2 bridgehead atoms. The first-order valence-corrected chi connectivity index (χ1v) is 11.1. The molecule has 3 fully saturated rings. The lowest BCUT2D eigenvalue weighted by atomic mass is 9.62. The third-order valence-corrected chi connectivity index (χ3v) is 7.52. The maximum atomic E-state index is 6.54. The first kappa shape index (κ1) is 21.7. The van der Waals surface area contributed by atoms with Crippen LogP contribution in [-0.4, -0.2) is 58.4 Å². The Morgan fingerprint density at radius 1 is 0.967 bits per heavy atom.